The van der Waals surface area contributed by atoms with Crippen LogP contribution >= 0.6 is 0 Å². The molecule has 1 saturated heterocycles. The van der Waals surface area contributed by atoms with Crippen LogP contribution in [-0.4, -0.2) is 45.4 Å². The SMILES string of the molecule is c1cc2c(cc1CN1CCC(c3nn[nH]n3)CC1)OCO2. The number of benzene rings is 1. The van der Waals surface area contributed by atoms with Crippen LogP contribution in [0.25, 0.3) is 0 Å². The summed E-state index contributed by atoms with van der Waals surface area (Å²) in [6, 6.07) is 6.18. The molecule has 7 nitrogen and oxygen atoms in total. The van der Waals surface area contributed by atoms with Crippen LogP contribution in [0.3, 0.4) is 0 Å². The molecule has 0 amide bonds. The van der Waals surface area contributed by atoms with Gasteiger partial charge in [-0.1, -0.05) is 11.3 Å². The molecule has 1 fully saturated rings. The normalized spacial score (nSPS) is 19.0. The maximum atomic E-state index is 5.43. The Hall–Kier alpha value is -2.15. The number of aromatic amines is 1. The van der Waals surface area contributed by atoms with Crippen molar-refractivity contribution in [2.45, 2.75) is 25.3 Å². The lowest BCUT2D eigenvalue weighted by Crippen LogP contribution is -2.32. The van der Waals surface area contributed by atoms with Gasteiger partial charge in [-0.15, -0.1) is 10.2 Å². The Bertz CT molecular complexity index is 608. The molecule has 0 radical (unpaired) electrons. The van der Waals surface area contributed by atoms with Crippen molar-refractivity contribution in [1.82, 2.24) is 25.5 Å². The Morgan fingerprint density at radius 2 is 2.05 bits per heavy atom. The number of aromatic nitrogens is 4. The first kappa shape index (κ1) is 12.6. The number of nitrogens with one attached hydrogen (secondary N) is 1. The summed E-state index contributed by atoms with van der Waals surface area (Å²) in [4.78, 5) is 2.45. The first-order valence-electron chi connectivity index (χ1n) is 7.23. The van der Waals surface area contributed by atoms with E-state index in [-0.39, 0.29) is 0 Å². The number of piperidine rings is 1. The van der Waals surface area contributed by atoms with Gasteiger partial charge in [0.25, 0.3) is 0 Å². The predicted octanol–water partition coefficient (Wildman–Crippen LogP) is 1.31. The maximum absolute atomic E-state index is 5.43. The molecule has 7 heteroatoms. The molecule has 2 aliphatic rings. The molecular formula is C14H17N5O2. The number of rotatable bonds is 3. The van der Waals surface area contributed by atoms with Gasteiger partial charge >= 0.3 is 0 Å². The van der Waals surface area contributed by atoms with E-state index in [9.17, 15) is 0 Å². The van der Waals surface area contributed by atoms with Gasteiger partial charge in [-0.25, -0.2) is 0 Å². The topological polar surface area (TPSA) is 76.2 Å². The highest BCUT2D eigenvalue weighted by Crippen LogP contribution is 2.33. The summed E-state index contributed by atoms with van der Waals surface area (Å²) in [5.41, 5.74) is 1.26. The minimum absolute atomic E-state index is 0.328. The molecule has 2 aliphatic heterocycles. The van der Waals surface area contributed by atoms with E-state index >= 15 is 0 Å². The molecule has 0 saturated carbocycles. The van der Waals surface area contributed by atoms with Gasteiger partial charge in [0, 0.05) is 12.5 Å². The number of H-pyrrole nitrogens is 1. The highest BCUT2D eigenvalue weighted by molar-refractivity contribution is 5.44. The Morgan fingerprint density at radius 3 is 2.86 bits per heavy atom. The maximum Gasteiger partial charge on any atom is 0.231 e. The third-order valence-corrected chi connectivity index (χ3v) is 4.16. The first-order valence-corrected chi connectivity index (χ1v) is 7.23. The van der Waals surface area contributed by atoms with E-state index in [0.29, 0.717) is 12.7 Å². The quantitative estimate of drug-likeness (QED) is 0.917. The summed E-state index contributed by atoms with van der Waals surface area (Å²) in [6.07, 6.45) is 2.15. The Kier molecular flexibility index (Phi) is 3.19. The van der Waals surface area contributed by atoms with Crippen molar-refractivity contribution in [2.75, 3.05) is 19.9 Å². The summed E-state index contributed by atoms with van der Waals surface area (Å²) in [5, 5.41) is 14.4. The third-order valence-electron chi connectivity index (χ3n) is 4.16. The van der Waals surface area contributed by atoms with Gasteiger partial charge in [-0.05, 0) is 43.6 Å². The zero-order valence-electron chi connectivity index (χ0n) is 11.7. The molecule has 2 aromatic rings. The molecule has 0 atom stereocenters. The van der Waals surface area contributed by atoms with Crippen LogP contribution in [0.5, 0.6) is 11.5 Å². The lowest BCUT2D eigenvalue weighted by atomic mass is 9.96. The van der Waals surface area contributed by atoms with Crippen molar-refractivity contribution < 1.29 is 9.47 Å². The van der Waals surface area contributed by atoms with Crippen LogP contribution in [0.15, 0.2) is 18.2 Å². The largest absolute Gasteiger partial charge is 0.454 e. The number of likely N-dealkylation sites (tertiary alicyclic amines) is 1. The number of ether oxygens (including phenoxy) is 2. The van der Waals surface area contributed by atoms with Gasteiger partial charge in [0.15, 0.2) is 17.3 Å². The van der Waals surface area contributed by atoms with Gasteiger partial charge in [0.1, 0.15) is 0 Å². The average Bonchev–Trinajstić information content (AvgIpc) is 3.19. The molecule has 4 rings (SSSR count). The summed E-state index contributed by atoms with van der Waals surface area (Å²) in [7, 11) is 0. The number of hydrogen-bond acceptors (Lipinski definition) is 6. The van der Waals surface area contributed by atoms with E-state index in [1.165, 1.54) is 5.56 Å². The first-order chi connectivity index (χ1) is 10.4. The van der Waals surface area contributed by atoms with Gasteiger partial charge in [0.05, 0.1) is 0 Å². The molecule has 0 spiro atoms. The Balaban J connectivity index is 1.36. The fraction of sp³-hybridized carbons (Fsp3) is 0.500. The van der Waals surface area contributed by atoms with Crippen molar-refractivity contribution in [3.63, 3.8) is 0 Å². The number of hydrogen-bond donors (Lipinski definition) is 1. The molecule has 110 valence electrons. The highest BCUT2D eigenvalue weighted by Gasteiger charge is 2.24. The molecular weight excluding hydrogens is 270 g/mol. The highest BCUT2D eigenvalue weighted by atomic mass is 16.7. The van der Waals surface area contributed by atoms with Crippen LogP contribution in [0, 0.1) is 0 Å². The average molecular weight is 287 g/mol. The fourth-order valence-corrected chi connectivity index (χ4v) is 2.99. The van der Waals surface area contributed by atoms with Crippen LogP contribution in [0.2, 0.25) is 0 Å². The zero-order chi connectivity index (χ0) is 14.1. The van der Waals surface area contributed by atoms with Gasteiger partial charge in [0.2, 0.25) is 6.79 Å². The van der Waals surface area contributed by atoms with Crippen molar-refractivity contribution in [1.29, 1.82) is 0 Å². The summed E-state index contributed by atoms with van der Waals surface area (Å²) >= 11 is 0. The van der Waals surface area contributed by atoms with E-state index in [2.05, 4.69) is 37.7 Å². The second kappa shape index (κ2) is 5.33. The molecule has 0 aliphatic carbocycles. The number of nitrogens with zero attached hydrogens (tertiary/aromatic N) is 4. The molecule has 1 N–H and O–H groups in total. The smallest absolute Gasteiger partial charge is 0.231 e. The van der Waals surface area contributed by atoms with Gasteiger partial charge in [-0.3, -0.25) is 4.90 Å². The molecule has 1 aromatic heterocycles. The lowest BCUT2D eigenvalue weighted by Gasteiger charge is -2.30. The minimum Gasteiger partial charge on any atom is -0.454 e. The molecule has 0 unspecified atom stereocenters. The van der Waals surface area contributed by atoms with E-state index in [4.69, 9.17) is 9.47 Å². The molecule has 21 heavy (non-hydrogen) atoms. The molecule has 3 heterocycles. The van der Waals surface area contributed by atoms with Crippen molar-refractivity contribution in [3.05, 3.63) is 29.6 Å². The second-order valence-electron chi connectivity index (χ2n) is 5.51. The van der Waals surface area contributed by atoms with Crippen molar-refractivity contribution >= 4 is 0 Å². The number of fused-ring (bicyclic) bond motifs is 1. The van der Waals surface area contributed by atoms with Crippen LogP contribution in [0.4, 0.5) is 0 Å². The van der Waals surface area contributed by atoms with Gasteiger partial charge < -0.3 is 9.47 Å². The summed E-state index contributed by atoms with van der Waals surface area (Å²) in [6.45, 7) is 3.37. The standard InChI is InChI=1S/C14H17N5O2/c1-2-12-13(21-9-20-12)7-10(1)8-19-5-3-11(4-6-19)14-15-17-18-16-14/h1-2,7,11H,3-6,8-9H2,(H,15,16,17,18). The van der Waals surface area contributed by atoms with Crippen LogP contribution in [0.1, 0.15) is 30.1 Å². The van der Waals surface area contributed by atoms with Crippen LogP contribution in [-0.2, 0) is 6.54 Å². The third kappa shape index (κ3) is 2.56. The Labute approximate surface area is 122 Å². The predicted molar refractivity (Wildman–Crippen MR) is 74.0 cm³/mol. The second-order valence-corrected chi connectivity index (χ2v) is 5.51. The fourth-order valence-electron chi connectivity index (χ4n) is 2.99. The van der Waals surface area contributed by atoms with Crippen molar-refractivity contribution in [3.8, 4) is 11.5 Å². The van der Waals surface area contributed by atoms with Crippen LogP contribution < -0.4 is 9.47 Å². The van der Waals surface area contributed by atoms with E-state index in [0.717, 1.165) is 49.8 Å². The van der Waals surface area contributed by atoms with Gasteiger partial charge in [-0.2, -0.15) is 5.21 Å². The van der Waals surface area contributed by atoms with E-state index < -0.39 is 0 Å². The molecule has 1 aromatic carbocycles. The Morgan fingerprint density at radius 1 is 1.19 bits per heavy atom. The number of tetrazole rings is 1. The summed E-state index contributed by atoms with van der Waals surface area (Å²) < 4.78 is 10.8. The monoisotopic (exact) mass is 287 g/mol. The van der Waals surface area contributed by atoms with E-state index in [1.54, 1.807) is 0 Å². The van der Waals surface area contributed by atoms with Crippen molar-refractivity contribution in [2.24, 2.45) is 0 Å². The lowest BCUT2D eigenvalue weighted by molar-refractivity contribution is 0.173. The summed E-state index contributed by atoms with van der Waals surface area (Å²) in [5.74, 6) is 2.97. The minimum atomic E-state index is 0.328. The molecule has 0 bridgehead atoms. The zero-order valence-corrected chi connectivity index (χ0v) is 11.7. The van der Waals surface area contributed by atoms with E-state index in [1.807, 2.05) is 6.07 Å².